The number of hydrazone groups is 1. The van der Waals surface area contributed by atoms with Gasteiger partial charge in [0.1, 0.15) is 0 Å². The van der Waals surface area contributed by atoms with Crippen molar-refractivity contribution >= 4 is 35.8 Å². The third-order valence-corrected chi connectivity index (χ3v) is 6.64. The number of hydrogen-bond donors (Lipinski definition) is 5. The number of benzene rings is 2. The first kappa shape index (κ1) is 20.3. The maximum absolute atomic E-state index is 4.24. The molecule has 4 N–H and O–H groups in total. The lowest BCUT2D eigenvalue weighted by Crippen LogP contribution is -2.35. The second kappa shape index (κ2) is 9.26. The minimum Gasteiger partial charge on any atom is -0.313 e. The molecule has 0 spiro atoms. The zero-order valence-corrected chi connectivity index (χ0v) is 18.5. The van der Waals surface area contributed by atoms with Crippen molar-refractivity contribution in [3.05, 3.63) is 64.7 Å². The normalized spacial score (nSPS) is 22.3. The molecule has 1 fully saturated rings. The Balaban J connectivity index is 0.000000994. The summed E-state index contributed by atoms with van der Waals surface area (Å²) in [5.41, 5.74) is 15.5. The van der Waals surface area contributed by atoms with E-state index in [0.29, 0.717) is 6.04 Å². The summed E-state index contributed by atoms with van der Waals surface area (Å²) in [5, 5.41) is 7.90. The first-order valence-electron chi connectivity index (χ1n) is 9.99. The number of nitrogens with zero attached hydrogens (tertiary/aromatic N) is 1. The summed E-state index contributed by atoms with van der Waals surface area (Å²) in [6.45, 7) is 3.34. The van der Waals surface area contributed by atoms with Gasteiger partial charge in [0.05, 0.1) is 0 Å². The Bertz CT molecular complexity index is 954. The van der Waals surface area contributed by atoms with Crippen LogP contribution in [0.3, 0.4) is 0 Å². The van der Waals surface area contributed by atoms with Gasteiger partial charge in [0.15, 0.2) is 5.84 Å². The fourth-order valence-electron chi connectivity index (χ4n) is 4.12. The monoisotopic (exact) mass is 425 g/mol. The van der Waals surface area contributed by atoms with E-state index < -0.39 is 0 Å². The standard InChI is InChI=1S/C21H23N5S.CH4S/c1-2-15-11-13(9-10-22-15)20-16-5-3-4-6-18(16)27-19-12-14(7-8-17(19)20)21-23-25-26-24-21;1-2/h3-8,12,15,22,25-26H,2,9-11H2,1H3,(H,23,24);2H,1H3/b20-13-;/t15-;/m0./s1. The van der Waals surface area contributed by atoms with Gasteiger partial charge in [-0.15, -0.1) is 10.6 Å². The van der Waals surface area contributed by atoms with E-state index in [1.54, 1.807) is 11.8 Å². The first-order chi connectivity index (χ1) is 14.3. The average molecular weight is 426 g/mol. The minimum atomic E-state index is 0.583. The summed E-state index contributed by atoms with van der Waals surface area (Å²) in [6, 6.07) is 16.1. The molecule has 5 rings (SSSR count). The number of rotatable bonds is 2. The van der Waals surface area contributed by atoms with Gasteiger partial charge < -0.3 is 5.32 Å². The predicted molar refractivity (Wildman–Crippen MR) is 125 cm³/mol. The highest BCUT2D eigenvalue weighted by Gasteiger charge is 2.27. The van der Waals surface area contributed by atoms with Crippen molar-refractivity contribution in [2.75, 3.05) is 12.8 Å². The Hall–Kier alpha value is -1.93. The highest BCUT2D eigenvalue weighted by molar-refractivity contribution is 7.99. The zero-order chi connectivity index (χ0) is 20.2. The van der Waals surface area contributed by atoms with Crippen molar-refractivity contribution in [1.82, 2.24) is 21.8 Å². The molecule has 0 unspecified atom stereocenters. The number of hydrogen-bond acceptors (Lipinski definition) is 7. The van der Waals surface area contributed by atoms with Gasteiger partial charge in [-0.1, -0.05) is 54.6 Å². The molecule has 0 saturated carbocycles. The molecule has 29 heavy (non-hydrogen) atoms. The molecule has 3 heterocycles. The quantitative estimate of drug-likeness (QED) is 0.403. The number of thiol groups is 1. The Morgan fingerprint density at radius 1 is 1.10 bits per heavy atom. The summed E-state index contributed by atoms with van der Waals surface area (Å²) < 4.78 is 0. The SMILES string of the molecule is CC[C@H]1C/C(=C2/c3ccccc3Sc3cc(C4=NNNN4)ccc32)CCN1.CS. The van der Waals surface area contributed by atoms with Gasteiger partial charge in [-0.2, -0.15) is 12.6 Å². The lowest BCUT2D eigenvalue weighted by molar-refractivity contribution is 0.453. The summed E-state index contributed by atoms with van der Waals surface area (Å²) in [5.74, 6) is 0.819. The van der Waals surface area contributed by atoms with Gasteiger partial charge >= 0.3 is 0 Å². The lowest BCUT2D eigenvalue weighted by Gasteiger charge is -2.31. The van der Waals surface area contributed by atoms with Gasteiger partial charge in [-0.05, 0) is 60.9 Å². The van der Waals surface area contributed by atoms with Crippen molar-refractivity contribution < 1.29 is 0 Å². The molecular formula is C22H27N5S2. The molecule has 0 radical (unpaired) electrons. The lowest BCUT2D eigenvalue weighted by atomic mass is 9.85. The van der Waals surface area contributed by atoms with Crippen molar-refractivity contribution in [3.63, 3.8) is 0 Å². The van der Waals surface area contributed by atoms with Crippen LogP contribution in [0, 0.1) is 0 Å². The number of hydrazine groups is 2. The van der Waals surface area contributed by atoms with Gasteiger partial charge in [0.25, 0.3) is 0 Å². The number of nitrogens with one attached hydrogen (secondary N) is 4. The molecule has 0 bridgehead atoms. The number of fused-ring (bicyclic) bond motifs is 2. The highest BCUT2D eigenvalue weighted by atomic mass is 32.2. The van der Waals surface area contributed by atoms with Gasteiger partial charge in [0.2, 0.25) is 0 Å². The molecule has 152 valence electrons. The molecular weight excluding hydrogens is 398 g/mol. The molecule has 3 aliphatic rings. The van der Waals surface area contributed by atoms with Crippen LogP contribution in [0.1, 0.15) is 42.9 Å². The van der Waals surface area contributed by atoms with E-state index in [0.717, 1.165) is 30.8 Å². The number of piperidine rings is 1. The molecule has 7 heteroatoms. The van der Waals surface area contributed by atoms with Crippen LogP contribution in [0.2, 0.25) is 0 Å². The van der Waals surface area contributed by atoms with Crippen LogP contribution in [-0.4, -0.2) is 24.7 Å². The van der Waals surface area contributed by atoms with E-state index >= 15 is 0 Å². The van der Waals surface area contributed by atoms with Crippen LogP contribution in [-0.2, 0) is 0 Å². The van der Waals surface area contributed by atoms with Crippen molar-refractivity contribution in [3.8, 4) is 0 Å². The van der Waals surface area contributed by atoms with E-state index in [4.69, 9.17) is 0 Å². The zero-order valence-electron chi connectivity index (χ0n) is 16.7. The Morgan fingerprint density at radius 3 is 2.72 bits per heavy atom. The second-order valence-electron chi connectivity index (χ2n) is 7.12. The van der Waals surface area contributed by atoms with E-state index in [9.17, 15) is 0 Å². The van der Waals surface area contributed by atoms with Crippen LogP contribution < -0.4 is 21.8 Å². The number of amidine groups is 1. The van der Waals surface area contributed by atoms with E-state index in [1.807, 2.05) is 11.8 Å². The van der Waals surface area contributed by atoms with Gasteiger partial charge in [-0.3, -0.25) is 5.43 Å². The molecule has 5 nitrogen and oxygen atoms in total. The highest BCUT2D eigenvalue weighted by Crippen LogP contribution is 2.48. The maximum atomic E-state index is 4.24. The van der Waals surface area contributed by atoms with Crippen LogP contribution in [0.25, 0.3) is 5.57 Å². The molecule has 0 aromatic heterocycles. The van der Waals surface area contributed by atoms with Crippen LogP contribution in [0.15, 0.2) is 62.9 Å². The summed E-state index contributed by atoms with van der Waals surface area (Å²) >= 11 is 5.38. The topological polar surface area (TPSA) is 60.5 Å². The van der Waals surface area contributed by atoms with Crippen LogP contribution in [0.4, 0.5) is 0 Å². The molecule has 1 saturated heterocycles. The minimum absolute atomic E-state index is 0.583. The molecule has 0 amide bonds. The largest absolute Gasteiger partial charge is 0.313 e. The summed E-state index contributed by atoms with van der Waals surface area (Å²) in [7, 11) is 0. The fraction of sp³-hybridized carbons (Fsp3) is 0.318. The molecule has 0 aliphatic carbocycles. The Morgan fingerprint density at radius 2 is 1.93 bits per heavy atom. The Labute approximate surface area is 182 Å². The van der Waals surface area contributed by atoms with E-state index in [1.165, 1.54) is 32.9 Å². The van der Waals surface area contributed by atoms with Crippen molar-refractivity contribution in [2.24, 2.45) is 5.10 Å². The van der Waals surface area contributed by atoms with Crippen molar-refractivity contribution in [2.45, 2.75) is 42.0 Å². The third kappa shape index (κ3) is 4.05. The predicted octanol–water partition coefficient (Wildman–Crippen LogP) is 3.94. The van der Waals surface area contributed by atoms with Crippen LogP contribution >= 0.6 is 24.4 Å². The molecule has 1 atom stereocenters. The van der Waals surface area contributed by atoms with Crippen LogP contribution in [0.5, 0.6) is 0 Å². The third-order valence-electron chi connectivity index (χ3n) is 5.50. The van der Waals surface area contributed by atoms with Gasteiger partial charge in [0, 0.05) is 21.4 Å². The van der Waals surface area contributed by atoms with Gasteiger partial charge in [-0.25, -0.2) is 5.53 Å². The molecule has 3 aliphatic heterocycles. The maximum Gasteiger partial charge on any atom is 0.170 e. The first-order valence-corrected chi connectivity index (χ1v) is 11.7. The average Bonchev–Trinajstić information content (AvgIpc) is 3.33. The smallest absolute Gasteiger partial charge is 0.170 e. The molecule has 2 aromatic carbocycles. The van der Waals surface area contributed by atoms with Crippen molar-refractivity contribution in [1.29, 1.82) is 0 Å². The summed E-state index contributed by atoms with van der Waals surface area (Å²) in [6.07, 6.45) is 5.12. The fourth-order valence-corrected chi connectivity index (χ4v) is 5.25. The Kier molecular flexibility index (Phi) is 6.50. The van der Waals surface area contributed by atoms with E-state index in [-0.39, 0.29) is 0 Å². The van der Waals surface area contributed by atoms with E-state index in [2.05, 4.69) is 88.9 Å². The summed E-state index contributed by atoms with van der Waals surface area (Å²) in [4.78, 5) is 2.64. The second-order valence-corrected chi connectivity index (χ2v) is 8.21. The molecule has 2 aromatic rings.